The van der Waals surface area contributed by atoms with Gasteiger partial charge in [0.2, 0.25) is 0 Å². The normalized spacial score (nSPS) is 20.8. The average Bonchev–Trinajstić information content (AvgIpc) is 2.34. The van der Waals surface area contributed by atoms with Gasteiger partial charge >= 0.3 is 5.97 Å². The van der Waals surface area contributed by atoms with Gasteiger partial charge in [0.05, 0.1) is 13.2 Å². The van der Waals surface area contributed by atoms with Crippen LogP contribution >= 0.6 is 0 Å². The molecule has 0 aromatic heterocycles. The van der Waals surface area contributed by atoms with Crippen molar-refractivity contribution in [2.24, 2.45) is 0 Å². The van der Waals surface area contributed by atoms with Gasteiger partial charge in [-0.1, -0.05) is 6.07 Å². The molecule has 1 heterocycles. The van der Waals surface area contributed by atoms with Gasteiger partial charge in [-0.15, -0.1) is 0 Å². The van der Waals surface area contributed by atoms with Crippen LogP contribution in [0.3, 0.4) is 0 Å². The summed E-state index contributed by atoms with van der Waals surface area (Å²) in [6, 6.07) is 3.34. The molecule has 1 aromatic carbocycles. The Morgan fingerprint density at radius 3 is 3.00 bits per heavy atom. The quantitative estimate of drug-likeness (QED) is 0.836. The highest BCUT2D eigenvalue weighted by Gasteiger charge is 2.29. The van der Waals surface area contributed by atoms with Gasteiger partial charge in [0.1, 0.15) is 6.04 Å². The maximum absolute atomic E-state index is 13.2. The largest absolute Gasteiger partial charge is 0.505 e. The van der Waals surface area contributed by atoms with E-state index in [9.17, 15) is 9.18 Å². The zero-order chi connectivity index (χ0) is 13.1. The standard InChI is InChI=1S/C12H14FNO4/c13-9-5-8(1-2-11(9)15)6-14-3-4-18-7-10(14)12(16)17/h1-2,5,10,15H,3-4,6-7H2,(H,16,17). The number of phenolic OH excluding ortho intramolecular Hbond substituents is 1. The zero-order valence-corrected chi connectivity index (χ0v) is 9.67. The molecule has 1 atom stereocenters. The Bertz CT molecular complexity index is 452. The number of hydrogen-bond donors (Lipinski definition) is 2. The Kier molecular flexibility index (Phi) is 3.78. The summed E-state index contributed by atoms with van der Waals surface area (Å²) >= 11 is 0. The molecule has 0 aliphatic carbocycles. The molecule has 18 heavy (non-hydrogen) atoms. The summed E-state index contributed by atoms with van der Waals surface area (Å²) in [5.41, 5.74) is 0.624. The van der Waals surface area contributed by atoms with Gasteiger partial charge in [0, 0.05) is 13.1 Å². The van der Waals surface area contributed by atoms with Crippen molar-refractivity contribution in [1.29, 1.82) is 0 Å². The number of hydrogen-bond acceptors (Lipinski definition) is 4. The van der Waals surface area contributed by atoms with Gasteiger partial charge in [0.25, 0.3) is 0 Å². The second-order valence-corrected chi connectivity index (χ2v) is 4.19. The molecule has 6 heteroatoms. The van der Waals surface area contributed by atoms with E-state index in [0.29, 0.717) is 25.3 Å². The van der Waals surface area contributed by atoms with Crippen LogP contribution in [0.4, 0.5) is 4.39 Å². The summed E-state index contributed by atoms with van der Waals surface area (Å²) in [5, 5.41) is 18.1. The van der Waals surface area contributed by atoms with Crippen molar-refractivity contribution < 1.29 is 24.1 Å². The molecule has 98 valence electrons. The van der Waals surface area contributed by atoms with E-state index in [1.165, 1.54) is 12.1 Å². The van der Waals surface area contributed by atoms with Gasteiger partial charge < -0.3 is 14.9 Å². The van der Waals surface area contributed by atoms with Crippen LogP contribution in [0, 0.1) is 5.82 Å². The highest BCUT2D eigenvalue weighted by Crippen LogP contribution is 2.19. The van der Waals surface area contributed by atoms with Gasteiger partial charge in [0.15, 0.2) is 11.6 Å². The molecule has 2 rings (SSSR count). The summed E-state index contributed by atoms with van der Waals surface area (Å²) in [4.78, 5) is 12.8. The van der Waals surface area contributed by atoms with Crippen molar-refractivity contribution in [1.82, 2.24) is 4.90 Å². The predicted molar refractivity (Wildman–Crippen MR) is 60.7 cm³/mol. The molecule has 1 fully saturated rings. The number of carbonyl (C=O) groups is 1. The molecular weight excluding hydrogens is 241 g/mol. The maximum Gasteiger partial charge on any atom is 0.323 e. The first-order chi connectivity index (χ1) is 8.58. The van der Waals surface area contributed by atoms with Crippen LogP contribution in [0.25, 0.3) is 0 Å². The number of phenols is 1. The number of carboxylic acid groups (broad SMARTS) is 1. The molecule has 0 saturated carbocycles. The summed E-state index contributed by atoms with van der Waals surface area (Å²) < 4.78 is 18.3. The lowest BCUT2D eigenvalue weighted by molar-refractivity contribution is -0.150. The molecule has 1 aliphatic rings. The Morgan fingerprint density at radius 2 is 2.33 bits per heavy atom. The van der Waals surface area contributed by atoms with E-state index in [4.69, 9.17) is 14.9 Å². The SMILES string of the molecule is O=C(O)C1COCCN1Cc1ccc(O)c(F)c1. The molecule has 5 nitrogen and oxygen atoms in total. The van der Waals surface area contributed by atoms with Crippen LogP contribution in [-0.2, 0) is 16.1 Å². The first-order valence-corrected chi connectivity index (χ1v) is 5.60. The van der Waals surface area contributed by atoms with Crippen LogP contribution in [0.15, 0.2) is 18.2 Å². The Balaban J connectivity index is 2.10. The topological polar surface area (TPSA) is 70.0 Å². The lowest BCUT2D eigenvalue weighted by Gasteiger charge is -2.32. The number of rotatable bonds is 3. The number of nitrogens with zero attached hydrogens (tertiary/aromatic N) is 1. The summed E-state index contributed by atoms with van der Waals surface area (Å²) in [5.74, 6) is -2.06. The molecule has 1 aromatic rings. The molecule has 0 bridgehead atoms. The fourth-order valence-electron chi connectivity index (χ4n) is 1.94. The number of morpholine rings is 1. The fourth-order valence-corrected chi connectivity index (χ4v) is 1.94. The third kappa shape index (κ3) is 2.77. The van der Waals surface area contributed by atoms with Gasteiger partial charge in [-0.25, -0.2) is 4.39 Å². The van der Waals surface area contributed by atoms with E-state index < -0.39 is 23.6 Å². The van der Waals surface area contributed by atoms with E-state index in [1.54, 1.807) is 11.0 Å². The molecule has 1 unspecified atom stereocenters. The van der Waals surface area contributed by atoms with Crippen molar-refractivity contribution >= 4 is 5.97 Å². The lowest BCUT2D eigenvalue weighted by Crippen LogP contribution is -2.49. The van der Waals surface area contributed by atoms with Gasteiger partial charge in [-0.3, -0.25) is 9.69 Å². The third-order valence-electron chi connectivity index (χ3n) is 2.92. The van der Waals surface area contributed by atoms with E-state index in [-0.39, 0.29) is 6.61 Å². The van der Waals surface area contributed by atoms with Crippen molar-refractivity contribution in [2.75, 3.05) is 19.8 Å². The van der Waals surface area contributed by atoms with Crippen LogP contribution in [0.5, 0.6) is 5.75 Å². The van der Waals surface area contributed by atoms with Gasteiger partial charge in [-0.2, -0.15) is 0 Å². The van der Waals surface area contributed by atoms with Crippen molar-refractivity contribution in [3.63, 3.8) is 0 Å². The van der Waals surface area contributed by atoms with Crippen LogP contribution in [0.2, 0.25) is 0 Å². The maximum atomic E-state index is 13.2. The van der Waals surface area contributed by atoms with E-state index in [2.05, 4.69) is 0 Å². The fraction of sp³-hybridized carbons (Fsp3) is 0.417. The number of ether oxygens (including phenoxy) is 1. The summed E-state index contributed by atoms with van der Waals surface area (Å²) in [6.07, 6.45) is 0. The monoisotopic (exact) mass is 255 g/mol. The van der Waals surface area contributed by atoms with Gasteiger partial charge in [-0.05, 0) is 17.7 Å². The Morgan fingerprint density at radius 1 is 1.56 bits per heavy atom. The van der Waals surface area contributed by atoms with Crippen LogP contribution in [0.1, 0.15) is 5.56 Å². The number of carboxylic acids is 1. The minimum Gasteiger partial charge on any atom is -0.505 e. The molecule has 1 saturated heterocycles. The Hall–Kier alpha value is -1.66. The van der Waals surface area contributed by atoms with Crippen molar-refractivity contribution in [2.45, 2.75) is 12.6 Å². The predicted octanol–water partition coefficient (Wildman–Crippen LogP) is 0.817. The van der Waals surface area contributed by atoms with Crippen molar-refractivity contribution in [3.05, 3.63) is 29.6 Å². The third-order valence-corrected chi connectivity index (χ3v) is 2.92. The summed E-state index contributed by atoms with van der Waals surface area (Å²) in [7, 11) is 0. The second-order valence-electron chi connectivity index (χ2n) is 4.19. The number of aliphatic carboxylic acids is 1. The first kappa shape index (κ1) is 12.8. The van der Waals surface area contributed by atoms with E-state index in [1.807, 2.05) is 0 Å². The first-order valence-electron chi connectivity index (χ1n) is 5.60. The Labute approximate surface area is 103 Å². The summed E-state index contributed by atoms with van der Waals surface area (Å²) in [6.45, 7) is 1.40. The van der Waals surface area contributed by atoms with Crippen LogP contribution in [-0.4, -0.2) is 46.9 Å². The number of aromatic hydroxyl groups is 1. The minimum absolute atomic E-state index is 0.135. The average molecular weight is 255 g/mol. The molecule has 0 radical (unpaired) electrons. The second kappa shape index (κ2) is 5.32. The molecular formula is C12H14FNO4. The van der Waals surface area contributed by atoms with Crippen molar-refractivity contribution in [3.8, 4) is 5.75 Å². The smallest absolute Gasteiger partial charge is 0.323 e. The minimum atomic E-state index is -0.950. The molecule has 1 aliphatic heterocycles. The lowest BCUT2D eigenvalue weighted by atomic mass is 10.1. The van der Waals surface area contributed by atoms with E-state index in [0.717, 1.165) is 0 Å². The molecule has 0 amide bonds. The molecule has 0 spiro atoms. The van der Waals surface area contributed by atoms with Crippen LogP contribution < -0.4 is 0 Å². The highest BCUT2D eigenvalue weighted by atomic mass is 19.1. The van der Waals surface area contributed by atoms with E-state index >= 15 is 0 Å². The number of benzene rings is 1. The zero-order valence-electron chi connectivity index (χ0n) is 9.67. The molecule has 2 N–H and O–H groups in total. The highest BCUT2D eigenvalue weighted by molar-refractivity contribution is 5.73. The number of halogens is 1.